The smallest absolute Gasteiger partial charge is 0.119 e. The zero-order valence-electron chi connectivity index (χ0n) is 9.48. The minimum absolute atomic E-state index is 0.214. The zero-order chi connectivity index (χ0) is 12.4. The molecule has 2 unspecified atom stereocenters. The summed E-state index contributed by atoms with van der Waals surface area (Å²) >= 11 is 6.16. The highest BCUT2D eigenvalue weighted by atomic mass is 35.5. The van der Waals surface area contributed by atoms with Crippen LogP contribution in [0.3, 0.4) is 0 Å². The monoisotopic (exact) mass is 248 g/mol. The Bertz CT molecular complexity index is 499. The van der Waals surface area contributed by atoms with Crippen molar-refractivity contribution in [3.8, 4) is 18.1 Å². The predicted octanol–water partition coefficient (Wildman–Crippen LogP) is 2.76. The highest BCUT2D eigenvalue weighted by molar-refractivity contribution is 6.33. The SMILES string of the molecule is C#CCC(O)C1C(Cl)=Cc2cc(OC)ccc21. The molecule has 0 radical (unpaired) electrons. The number of aliphatic hydroxyl groups is 1. The molecule has 0 fully saturated rings. The molecule has 2 atom stereocenters. The summed E-state index contributed by atoms with van der Waals surface area (Å²) in [5, 5.41) is 10.6. The number of ether oxygens (including phenoxy) is 1. The number of fused-ring (bicyclic) bond motifs is 1. The van der Waals surface area contributed by atoms with Crippen molar-refractivity contribution in [3.05, 3.63) is 34.4 Å². The van der Waals surface area contributed by atoms with Gasteiger partial charge in [0, 0.05) is 17.4 Å². The summed E-state index contributed by atoms with van der Waals surface area (Å²) in [6.07, 6.45) is 6.72. The summed E-state index contributed by atoms with van der Waals surface area (Å²) in [6.45, 7) is 0. The summed E-state index contributed by atoms with van der Waals surface area (Å²) in [6, 6.07) is 5.68. The van der Waals surface area contributed by atoms with E-state index in [0.29, 0.717) is 11.5 Å². The number of methoxy groups -OCH3 is 1. The first-order chi connectivity index (χ1) is 8.17. The summed E-state index contributed by atoms with van der Waals surface area (Å²) in [7, 11) is 1.62. The Balaban J connectivity index is 2.37. The molecule has 2 rings (SSSR count). The average Bonchev–Trinajstić information content (AvgIpc) is 2.64. The normalized spacial score (nSPS) is 19.2. The number of halogens is 1. The van der Waals surface area contributed by atoms with Crippen molar-refractivity contribution in [1.29, 1.82) is 0 Å². The van der Waals surface area contributed by atoms with Gasteiger partial charge in [0.15, 0.2) is 0 Å². The van der Waals surface area contributed by atoms with Gasteiger partial charge in [-0.05, 0) is 29.3 Å². The van der Waals surface area contributed by atoms with Crippen LogP contribution in [-0.4, -0.2) is 18.3 Å². The van der Waals surface area contributed by atoms with E-state index in [1.54, 1.807) is 7.11 Å². The summed E-state index contributed by atoms with van der Waals surface area (Å²) in [5.41, 5.74) is 1.98. The maximum Gasteiger partial charge on any atom is 0.119 e. The standard InChI is InChI=1S/C14H13ClO2/c1-3-4-13(16)14-11-6-5-10(17-2)7-9(11)8-12(14)15/h1,5-8,13-14,16H,4H2,2H3. The van der Waals surface area contributed by atoms with Gasteiger partial charge < -0.3 is 9.84 Å². The van der Waals surface area contributed by atoms with E-state index in [4.69, 9.17) is 22.8 Å². The van der Waals surface area contributed by atoms with E-state index in [9.17, 15) is 5.11 Å². The van der Waals surface area contributed by atoms with Crippen molar-refractivity contribution in [3.63, 3.8) is 0 Å². The van der Waals surface area contributed by atoms with Gasteiger partial charge in [0.05, 0.1) is 13.2 Å². The molecule has 1 aliphatic rings. The van der Waals surface area contributed by atoms with Crippen LogP contribution in [0.4, 0.5) is 0 Å². The Morgan fingerprint density at radius 3 is 3.00 bits per heavy atom. The Morgan fingerprint density at radius 2 is 2.35 bits per heavy atom. The molecule has 0 spiro atoms. The first-order valence-corrected chi connectivity index (χ1v) is 5.71. The van der Waals surface area contributed by atoms with Gasteiger partial charge in [0.25, 0.3) is 0 Å². The third-order valence-electron chi connectivity index (χ3n) is 2.93. The lowest BCUT2D eigenvalue weighted by atomic mass is 9.93. The molecule has 1 aromatic rings. The van der Waals surface area contributed by atoms with E-state index in [2.05, 4.69) is 5.92 Å². The van der Waals surface area contributed by atoms with Crippen LogP contribution in [0.2, 0.25) is 0 Å². The lowest BCUT2D eigenvalue weighted by Gasteiger charge is -2.18. The number of hydrogen-bond acceptors (Lipinski definition) is 2. The highest BCUT2D eigenvalue weighted by Gasteiger charge is 2.30. The van der Waals surface area contributed by atoms with Crippen LogP contribution in [0.1, 0.15) is 23.5 Å². The zero-order valence-corrected chi connectivity index (χ0v) is 10.2. The topological polar surface area (TPSA) is 29.5 Å². The summed E-state index contributed by atoms with van der Waals surface area (Å²) in [4.78, 5) is 0. The van der Waals surface area contributed by atoms with E-state index in [1.165, 1.54) is 0 Å². The van der Waals surface area contributed by atoms with Gasteiger partial charge in [-0.3, -0.25) is 0 Å². The fraction of sp³-hybridized carbons (Fsp3) is 0.286. The molecular weight excluding hydrogens is 236 g/mol. The van der Waals surface area contributed by atoms with Crippen molar-refractivity contribution < 1.29 is 9.84 Å². The quantitative estimate of drug-likeness (QED) is 0.834. The molecular formula is C14H13ClO2. The third kappa shape index (κ3) is 2.17. The first kappa shape index (κ1) is 12.0. The number of terminal acetylenes is 1. The van der Waals surface area contributed by atoms with E-state index in [0.717, 1.165) is 16.9 Å². The number of hydrogen-bond donors (Lipinski definition) is 1. The molecule has 0 saturated heterocycles. The average molecular weight is 249 g/mol. The Hall–Kier alpha value is -1.43. The molecule has 1 N–H and O–H groups in total. The van der Waals surface area contributed by atoms with Crippen LogP contribution in [0.25, 0.3) is 6.08 Å². The lowest BCUT2D eigenvalue weighted by Crippen LogP contribution is -2.16. The van der Waals surface area contributed by atoms with Crippen LogP contribution in [-0.2, 0) is 0 Å². The molecule has 0 bridgehead atoms. The van der Waals surface area contributed by atoms with Gasteiger partial charge in [-0.15, -0.1) is 12.3 Å². The Kier molecular flexibility index (Phi) is 3.42. The maximum atomic E-state index is 9.99. The minimum atomic E-state index is -0.640. The van der Waals surface area contributed by atoms with E-state index in [1.807, 2.05) is 24.3 Å². The molecule has 0 aromatic heterocycles. The van der Waals surface area contributed by atoms with Gasteiger partial charge in [0.2, 0.25) is 0 Å². The fourth-order valence-corrected chi connectivity index (χ4v) is 2.49. The highest BCUT2D eigenvalue weighted by Crippen LogP contribution is 2.42. The maximum absolute atomic E-state index is 9.99. The predicted molar refractivity (Wildman–Crippen MR) is 69.0 cm³/mol. The second-order valence-corrected chi connectivity index (χ2v) is 4.41. The molecule has 0 heterocycles. The van der Waals surface area contributed by atoms with Crippen LogP contribution >= 0.6 is 11.6 Å². The summed E-state index contributed by atoms with van der Waals surface area (Å²) in [5.74, 6) is 3.02. The lowest BCUT2D eigenvalue weighted by molar-refractivity contribution is 0.164. The van der Waals surface area contributed by atoms with Gasteiger partial charge in [0.1, 0.15) is 5.75 Å². The Labute approximate surface area is 106 Å². The van der Waals surface area contributed by atoms with Crippen LogP contribution in [0.15, 0.2) is 23.2 Å². The van der Waals surface area contributed by atoms with E-state index >= 15 is 0 Å². The Morgan fingerprint density at radius 1 is 1.59 bits per heavy atom. The number of rotatable bonds is 3. The molecule has 1 aliphatic carbocycles. The minimum Gasteiger partial charge on any atom is -0.497 e. The second-order valence-electron chi connectivity index (χ2n) is 3.98. The van der Waals surface area contributed by atoms with Crippen molar-refractivity contribution in [2.45, 2.75) is 18.4 Å². The molecule has 88 valence electrons. The molecule has 1 aromatic carbocycles. The van der Waals surface area contributed by atoms with Gasteiger partial charge in [-0.2, -0.15) is 0 Å². The van der Waals surface area contributed by atoms with Crippen molar-refractivity contribution in [2.75, 3.05) is 7.11 Å². The number of benzene rings is 1. The van der Waals surface area contributed by atoms with Crippen LogP contribution in [0, 0.1) is 12.3 Å². The molecule has 17 heavy (non-hydrogen) atoms. The van der Waals surface area contributed by atoms with E-state index < -0.39 is 6.10 Å². The molecule has 0 saturated carbocycles. The molecule has 0 aliphatic heterocycles. The molecule has 0 amide bonds. The largest absolute Gasteiger partial charge is 0.497 e. The van der Waals surface area contributed by atoms with Crippen molar-refractivity contribution in [2.24, 2.45) is 0 Å². The van der Waals surface area contributed by atoms with Crippen LogP contribution in [0.5, 0.6) is 5.75 Å². The summed E-state index contributed by atoms with van der Waals surface area (Å²) < 4.78 is 5.15. The number of aliphatic hydroxyl groups excluding tert-OH is 1. The second kappa shape index (κ2) is 4.83. The van der Waals surface area contributed by atoms with Crippen molar-refractivity contribution in [1.82, 2.24) is 0 Å². The first-order valence-electron chi connectivity index (χ1n) is 5.34. The third-order valence-corrected chi connectivity index (χ3v) is 3.28. The fourth-order valence-electron chi connectivity index (χ4n) is 2.10. The van der Waals surface area contributed by atoms with Gasteiger partial charge >= 0.3 is 0 Å². The molecule has 2 nitrogen and oxygen atoms in total. The van der Waals surface area contributed by atoms with Gasteiger partial charge in [-0.25, -0.2) is 0 Å². The van der Waals surface area contributed by atoms with Gasteiger partial charge in [-0.1, -0.05) is 17.7 Å². The van der Waals surface area contributed by atoms with E-state index in [-0.39, 0.29) is 5.92 Å². The molecule has 3 heteroatoms. The van der Waals surface area contributed by atoms with Crippen LogP contribution < -0.4 is 4.74 Å². The van der Waals surface area contributed by atoms with Crippen molar-refractivity contribution >= 4 is 17.7 Å².